The summed E-state index contributed by atoms with van der Waals surface area (Å²) < 4.78 is 5.70. The average Bonchev–Trinajstić information content (AvgIpc) is 3.17. The highest BCUT2D eigenvalue weighted by atomic mass is 16.6. The summed E-state index contributed by atoms with van der Waals surface area (Å²) in [5, 5.41) is 2.87. The lowest BCUT2D eigenvalue weighted by Crippen LogP contribution is -2.36. The van der Waals surface area contributed by atoms with E-state index in [-0.39, 0.29) is 6.09 Å². The van der Waals surface area contributed by atoms with Crippen LogP contribution in [-0.2, 0) is 6.42 Å². The van der Waals surface area contributed by atoms with E-state index >= 15 is 0 Å². The predicted molar refractivity (Wildman–Crippen MR) is 118 cm³/mol. The number of amides is 1. The Morgan fingerprint density at radius 1 is 1.17 bits per heavy atom. The first-order valence-electron chi connectivity index (χ1n) is 12.1. The van der Waals surface area contributed by atoms with Crippen LogP contribution in [0.25, 0.3) is 0 Å². The Morgan fingerprint density at radius 3 is 2.86 bits per heavy atom. The minimum Gasteiger partial charge on any atom is -0.410 e. The van der Waals surface area contributed by atoms with Crippen molar-refractivity contribution in [2.75, 3.05) is 19.6 Å². The van der Waals surface area contributed by atoms with E-state index in [0.29, 0.717) is 18.5 Å². The molecule has 2 atom stereocenters. The normalized spacial score (nSPS) is 24.7. The lowest BCUT2D eigenvalue weighted by Gasteiger charge is -2.35. The van der Waals surface area contributed by atoms with Crippen LogP contribution in [0.2, 0.25) is 0 Å². The van der Waals surface area contributed by atoms with Crippen molar-refractivity contribution < 1.29 is 9.53 Å². The molecule has 0 unspecified atom stereocenters. The number of hydrogen-bond acceptors (Lipinski definition) is 3. The number of carbonyl (C=O) groups is 1. The molecular weight excluding hydrogens is 360 g/mol. The van der Waals surface area contributed by atoms with Crippen molar-refractivity contribution in [2.24, 2.45) is 5.92 Å². The number of ether oxygens (including phenoxy) is 1. The molecule has 2 aliphatic carbocycles. The van der Waals surface area contributed by atoms with Crippen molar-refractivity contribution in [1.82, 2.24) is 10.2 Å². The second-order valence-electron chi connectivity index (χ2n) is 9.32. The summed E-state index contributed by atoms with van der Waals surface area (Å²) in [6, 6.07) is 6.99. The quantitative estimate of drug-likeness (QED) is 0.604. The average molecular weight is 399 g/mol. The number of hydrogen-bond donors (Lipinski definition) is 1. The summed E-state index contributed by atoms with van der Waals surface area (Å²) in [5.41, 5.74) is 2.70. The molecule has 3 aliphatic rings. The Kier molecular flexibility index (Phi) is 7.12. The predicted octanol–water partition coefficient (Wildman–Crippen LogP) is 5.65. The molecule has 2 fully saturated rings. The number of nitrogens with one attached hydrogen (secondary N) is 1. The van der Waals surface area contributed by atoms with Gasteiger partial charge in [-0.05, 0) is 68.3 Å². The highest BCUT2D eigenvalue weighted by molar-refractivity contribution is 5.71. The maximum atomic E-state index is 12.1. The second kappa shape index (κ2) is 9.97. The zero-order valence-electron chi connectivity index (χ0n) is 18.1. The zero-order chi connectivity index (χ0) is 20.1. The Balaban J connectivity index is 1.37. The van der Waals surface area contributed by atoms with Crippen LogP contribution in [0.4, 0.5) is 4.79 Å². The minimum absolute atomic E-state index is 0.311. The number of rotatable bonds is 7. The molecular formula is C25H38N2O2. The van der Waals surface area contributed by atoms with Gasteiger partial charge in [-0.2, -0.15) is 0 Å². The highest BCUT2D eigenvalue weighted by Gasteiger charge is 2.39. The summed E-state index contributed by atoms with van der Waals surface area (Å²) in [6.45, 7) is 5.31. The van der Waals surface area contributed by atoms with E-state index < -0.39 is 0 Å². The lowest BCUT2D eigenvalue weighted by molar-refractivity contribution is 0.194. The van der Waals surface area contributed by atoms with E-state index in [2.05, 4.69) is 29.3 Å². The van der Waals surface area contributed by atoms with Crippen molar-refractivity contribution >= 4 is 6.09 Å². The van der Waals surface area contributed by atoms with Gasteiger partial charge in [-0.3, -0.25) is 4.90 Å². The zero-order valence-corrected chi connectivity index (χ0v) is 18.1. The maximum absolute atomic E-state index is 12.1. The number of benzene rings is 1. The molecule has 1 amide bonds. The Labute approximate surface area is 176 Å². The fraction of sp³-hybridized carbons (Fsp3) is 0.720. The van der Waals surface area contributed by atoms with Crippen LogP contribution in [0.5, 0.6) is 5.75 Å². The molecule has 29 heavy (non-hydrogen) atoms. The van der Waals surface area contributed by atoms with Gasteiger partial charge in [0.25, 0.3) is 0 Å². The molecule has 0 spiro atoms. The monoisotopic (exact) mass is 398 g/mol. The van der Waals surface area contributed by atoms with Crippen LogP contribution < -0.4 is 10.1 Å². The fourth-order valence-corrected chi connectivity index (χ4v) is 5.85. The van der Waals surface area contributed by atoms with Gasteiger partial charge >= 0.3 is 6.09 Å². The van der Waals surface area contributed by atoms with Gasteiger partial charge in [0.05, 0.1) is 0 Å². The molecule has 1 heterocycles. The van der Waals surface area contributed by atoms with Crippen LogP contribution in [0.3, 0.4) is 0 Å². The van der Waals surface area contributed by atoms with E-state index in [1.807, 2.05) is 6.07 Å². The third-order valence-electron chi connectivity index (χ3n) is 7.47. The van der Waals surface area contributed by atoms with Gasteiger partial charge in [0.2, 0.25) is 0 Å². The molecule has 0 radical (unpaired) electrons. The molecule has 4 nitrogen and oxygen atoms in total. The number of unbranched alkanes of at least 4 members (excludes halogenated alkanes) is 1. The van der Waals surface area contributed by atoms with E-state index in [1.165, 1.54) is 75.6 Å². The van der Waals surface area contributed by atoms with Crippen molar-refractivity contribution in [3.05, 3.63) is 29.3 Å². The lowest BCUT2D eigenvalue weighted by atomic mass is 9.79. The SMILES string of the molecule is CCCCNC(=O)Oc1cccc2c1CC[C@H]1[C@@H]2CCN1CCC1CCCCC1. The van der Waals surface area contributed by atoms with Crippen molar-refractivity contribution in [3.63, 3.8) is 0 Å². The van der Waals surface area contributed by atoms with Crippen LogP contribution in [0.1, 0.15) is 88.2 Å². The molecule has 1 saturated carbocycles. The molecule has 1 N–H and O–H groups in total. The van der Waals surface area contributed by atoms with Crippen LogP contribution in [0.15, 0.2) is 18.2 Å². The third-order valence-corrected chi connectivity index (χ3v) is 7.47. The summed E-state index contributed by atoms with van der Waals surface area (Å²) in [4.78, 5) is 14.9. The Hall–Kier alpha value is -1.55. The summed E-state index contributed by atoms with van der Waals surface area (Å²) in [5.74, 6) is 2.34. The van der Waals surface area contributed by atoms with E-state index in [4.69, 9.17) is 4.74 Å². The molecule has 1 aromatic rings. The first kappa shape index (κ1) is 20.7. The molecule has 4 heteroatoms. The first-order valence-corrected chi connectivity index (χ1v) is 12.1. The van der Waals surface area contributed by atoms with Gasteiger partial charge in [-0.15, -0.1) is 0 Å². The van der Waals surface area contributed by atoms with E-state index in [9.17, 15) is 4.79 Å². The van der Waals surface area contributed by atoms with Crippen LogP contribution in [-0.4, -0.2) is 36.7 Å². The largest absolute Gasteiger partial charge is 0.412 e. The summed E-state index contributed by atoms with van der Waals surface area (Å²) in [6.07, 6.45) is 13.8. The Morgan fingerprint density at radius 2 is 2.03 bits per heavy atom. The molecule has 0 aromatic heterocycles. The topological polar surface area (TPSA) is 41.6 Å². The number of carbonyl (C=O) groups excluding carboxylic acids is 1. The second-order valence-corrected chi connectivity index (χ2v) is 9.32. The number of nitrogens with zero attached hydrogens (tertiary/aromatic N) is 1. The van der Waals surface area contributed by atoms with Gasteiger partial charge in [0.15, 0.2) is 0 Å². The molecule has 1 aromatic carbocycles. The van der Waals surface area contributed by atoms with Gasteiger partial charge in [0, 0.05) is 18.5 Å². The van der Waals surface area contributed by atoms with Crippen LogP contribution in [0, 0.1) is 5.92 Å². The minimum atomic E-state index is -0.311. The molecule has 0 bridgehead atoms. The smallest absolute Gasteiger partial charge is 0.410 e. The maximum Gasteiger partial charge on any atom is 0.412 e. The Bertz CT molecular complexity index is 683. The summed E-state index contributed by atoms with van der Waals surface area (Å²) >= 11 is 0. The third kappa shape index (κ3) is 4.96. The number of fused-ring (bicyclic) bond motifs is 3. The number of likely N-dealkylation sites (tertiary alicyclic amines) is 1. The van der Waals surface area contributed by atoms with Crippen molar-refractivity contribution in [1.29, 1.82) is 0 Å². The highest BCUT2D eigenvalue weighted by Crippen LogP contribution is 2.44. The van der Waals surface area contributed by atoms with Crippen LogP contribution >= 0.6 is 0 Å². The molecule has 1 saturated heterocycles. The van der Waals surface area contributed by atoms with Gasteiger partial charge in [-0.1, -0.05) is 57.6 Å². The molecule has 1 aliphatic heterocycles. The van der Waals surface area contributed by atoms with Crippen molar-refractivity contribution in [2.45, 2.75) is 89.5 Å². The molecule has 160 valence electrons. The van der Waals surface area contributed by atoms with E-state index in [0.717, 1.165) is 30.9 Å². The van der Waals surface area contributed by atoms with Gasteiger partial charge in [0.1, 0.15) is 5.75 Å². The molecule has 4 rings (SSSR count). The van der Waals surface area contributed by atoms with Gasteiger partial charge in [-0.25, -0.2) is 4.79 Å². The standard InChI is InChI=1S/C25H38N2O2/c1-2-3-16-26-25(28)29-24-11-7-10-20-21-15-18-27(23(21)13-12-22(20)24)17-14-19-8-5-4-6-9-19/h7,10-11,19,21,23H,2-6,8-9,12-18H2,1H3,(H,26,28)/t21-,23+/m1/s1. The van der Waals surface area contributed by atoms with E-state index in [1.54, 1.807) is 0 Å². The summed E-state index contributed by atoms with van der Waals surface area (Å²) in [7, 11) is 0. The fourth-order valence-electron chi connectivity index (χ4n) is 5.85. The first-order chi connectivity index (χ1) is 14.3. The van der Waals surface area contributed by atoms with Gasteiger partial charge < -0.3 is 10.1 Å². The van der Waals surface area contributed by atoms with Crippen molar-refractivity contribution in [3.8, 4) is 5.75 Å².